The lowest BCUT2D eigenvalue weighted by molar-refractivity contribution is 0.475. The van der Waals surface area contributed by atoms with E-state index in [1.165, 1.54) is 18.5 Å². The Kier molecular flexibility index (Phi) is 3.29. The molecule has 6 nitrogen and oxygen atoms in total. The number of para-hydroxylation sites is 1. The summed E-state index contributed by atoms with van der Waals surface area (Å²) in [5.41, 5.74) is -0.830. The number of benzene rings is 1. The monoisotopic (exact) mass is 265 g/mol. The number of aromatic nitrogens is 2. The van der Waals surface area contributed by atoms with E-state index in [4.69, 9.17) is 11.6 Å². The Morgan fingerprint density at radius 3 is 2.83 bits per heavy atom. The molecule has 1 aromatic heterocycles. The number of H-pyrrole nitrogens is 2. The van der Waals surface area contributed by atoms with Crippen LogP contribution in [0.15, 0.2) is 39.0 Å². The molecule has 2 aromatic rings. The molecule has 0 bridgehead atoms. The number of phenols is 1. The number of halogens is 1. The van der Waals surface area contributed by atoms with Crippen molar-refractivity contribution in [3.05, 3.63) is 55.8 Å². The van der Waals surface area contributed by atoms with Gasteiger partial charge in [-0.15, -0.1) is 0 Å². The molecule has 7 heteroatoms. The first-order valence-corrected chi connectivity index (χ1v) is 5.29. The first-order valence-electron chi connectivity index (χ1n) is 4.91. The van der Waals surface area contributed by atoms with Crippen molar-refractivity contribution in [1.29, 1.82) is 0 Å². The summed E-state index contributed by atoms with van der Waals surface area (Å²) in [6.07, 6.45) is 2.46. The molecule has 0 aliphatic carbocycles. The quantitative estimate of drug-likeness (QED) is 0.711. The van der Waals surface area contributed by atoms with Gasteiger partial charge in [-0.2, -0.15) is 0 Å². The van der Waals surface area contributed by atoms with Crippen LogP contribution < -0.4 is 11.2 Å². The summed E-state index contributed by atoms with van der Waals surface area (Å²) >= 11 is 5.72. The Labute approximate surface area is 106 Å². The first kappa shape index (κ1) is 12.1. The Morgan fingerprint density at radius 1 is 1.33 bits per heavy atom. The highest BCUT2D eigenvalue weighted by Crippen LogP contribution is 2.25. The first-order chi connectivity index (χ1) is 8.58. The number of aromatic amines is 2. The fraction of sp³-hybridized carbons (Fsp3) is 0. The summed E-state index contributed by atoms with van der Waals surface area (Å²) in [6.45, 7) is 0. The lowest BCUT2D eigenvalue weighted by Gasteiger charge is -1.99. The highest BCUT2D eigenvalue weighted by atomic mass is 35.5. The summed E-state index contributed by atoms with van der Waals surface area (Å²) in [5.74, 6) is -0.122. The summed E-state index contributed by atoms with van der Waals surface area (Å²) in [5, 5.41) is 9.81. The molecule has 0 fully saturated rings. The minimum Gasteiger partial charge on any atom is -0.506 e. The zero-order chi connectivity index (χ0) is 13.1. The number of nitrogens with one attached hydrogen (secondary N) is 2. The second-order valence-electron chi connectivity index (χ2n) is 3.39. The van der Waals surface area contributed by atoms with Crippen molar-refractivity contribution >= 4 is 23.5 Å². The van der Waals surface area contributed by atoms with Crippen molar-refractivity contribution in [3.63, 3.8) is 0 Å². The molecule has 92 valence electrons. The Morgan fingerprint density at radius 2 is 2.11 bits per heavy atom. The summed E-state index contributed by atoms with van der Waals surface area (Å²) in [6, 6.07) is 4.76. The maximum absolute atomic E-state index is 11.3. The molecule has 0 amide bonds. The lowest BCUT2D eigenvalue weighted by atomic mass is 10.2. The van der Waals surface area contributed by atoms with Gasteiger partial charge in [0.2, 0.25) is 0 Å². The van der Waals surface area contributed by atoms with E-state index in [0.29, 0.717) is 5.56 Å². The van der Waals surface area contributed by atoms with Gasteiger partial charge in [0.05, 0.1) is 5.02 Å². The van der Waals surface area contributed by atoms with E-state index in [9.17, 15) is 14.7 Å². The average Bonchev–Trinajstić information content (AvgIpc) is 2.33. The molecule has 0 unspecified atom stereocenters. The van der Waals surface area contributed by atoms with Crippen LogP contribution >= 0.6 is 11.6 Å². The van der Waals surface area contributed by atoms with Crippen LogP contribution in [-0.4, -0.2) is 21.3 Å². The molecular weight excluding hydrogens is 258 g/mol. The normalized spacial score (nSPS) is 10.9. The van der Waals surface area contributed by atoms with E-state index >= 15 is 0 Å². The van der Waals surface area contributed by atoms with E-state index in [1.54, 1.807) is 12.1 Å². The van der Waals surface area contributed by atoms with Crippen LogP contribution in [0.4, 0.5) is 5.69 Å². The Hall–Kier alpha value is -2.34. The second kappa shape index (κ2) is 4.89. The Balaban J connectivity index is 2.39. The van der Waals surface area contributed by atoms with Crippen LogP contribution in [0.5, 0.6) is 5.75 Å². The maximum atomic E-state index is 11.3. The molecule has 1 aromatic carbocycles. The third-order valence-electron chi connectivity index (χ3n) is 2.16. The van der Waals surface area contributed by atoms with Crippen molar-refractivity contribution in [1.82, 2.24) is 9.97 Å². The van der Waals surface area contributed by atoms with Crippen molar-refractivity contribution in [2.24, 2.45) is 4.99 Å². The number of hydrogen-bond donors (Lipinski definition) is 3. The molecule has 0 saturated heterocycles. The topological polar surface area (TPSA) is 98.3 Å². The van der Waals surface area contributed by atoms with Gasteiger partial charge in [0.25, 0.3) is 5.56 Å². The van der Waals surface area contributed by atoms with E-state index in [2.05, 4.69) is 9.98 Å². The van der Waals surface area contributed by atoms with Gasteiger partial charge in [-0.1, -0.05) is 17.7 Å². The van der Waals surface area contributed by atoms with Gasteiger partial charge in [0.1, 0.15) is 11.4 Å². The van der Waals surface area contributed by atoms with Crippen LogP contribution in [0.3, 0.4) is 0 Å². The molecule has 0 atom stereocenters. The Bertz CT molecular complexity index is 718. The fourth-order valence-electron chi connectivity index (χ4n) is 1.27. The van der Waals surface area contributed by atoms with E-state index < -0.39 is 11.2 Å². The molecule has 0 aliphatic heterocycles. The third-order valence-corrected chi connectivity index (χ3v) is 2.47. The standard InChI is InChI=1S/C11H8ClN3O3/c12-7-3-1-2-6(9(7)16)4-13-8-5-14-11(18)15-10(8)17/h1-5,16H,(H2,14,15,17,18). The van der Waals surface area contributed by atoms with Crippen LogP contribution in [0.2, 0.25) is 5.02 Å². The van der Waals surface area contributed by atoms with Crippen LogP contribution in [0.1, 0.15) is 5.56 Å². The number of hydrogen-bond acceptors (Lipinski definition) is 4. The maximum Gasteiger partial charge on any atom is 0.325 e. The van der Waals surface area contributed by atoms with Gasteiger partial charge in [-0.05, 0) is 12.1 Å². The van der Waals surface area contributed by atoms with Gasteiger partial charge in [-0.3, -0.25) is 9.78 Å². The lowest BCUT2D eigenvalue weighted by Crippen LogP contribution is -2.20. The number of phenolic OH excluding ortho intramolecular Hbond substituents is 1. The minimum atomic E-state index is -0.614. The van der Waals surface area contributed by atoms with Crippen molar-refractivity contribution < 1.29 is 5.11 Å². The number of rotatable bonds is 2. The third kappa shape index (κ3) is 2.49. The van der Waals surface area contributed by atoms with E-state index in [0.717, 1.165) is 0 Å². The van der Waals surface area contributed by atoms with Gasteiger partial charge in [0, 0.05) is 18.0 Å². The zero-order valence-corrected chi connectivity index (χ0v) is 9.73. The molecule has 1 heterocycles. The fourth-order valence-corrected chi connectivity index (χ4v) is 1.46. The van der Waals surface area contributed by atoms with E-state index in [-0.39, 0.29) is 16.5 Å². The van der Waals surface area contributed by atoms with Gasteiger partial charge in [-0.25, -0.2) is 9.79 Å². The largest absolute Gasteiger partial charge is 0.506 e. The van der Waals surface area contributed by atoms with Gasteiger partial charge < -0.3 is 10.1 Å². The number of aromatic hydroxyl groups is 1. The highest BCUT2D eigenvalue weighted by molar-refractivity contribution is 6.32. The van der Waals surface area contributed by atoms with E-state index in [1.807, 2.05) is 4.98 Å². The molecule has 0 spiro atoms. The molecular formula is C11H8ClN3O3. The van der Waals surface area contributed by atoms with Crippen LogP contribution in [0, 0.1) is 0 Å². The number of aliphatic imine (C=N–C) groups is 1. The summed E-state index contributed by atoms with van der Waals surface area (Å²) in [4.78, 5) is 30.3. The van der Waals surface area contributed by atoms with Gasteiger partial charge >= 0.3 is 5.69 Å². The molecule has 0 aliphatic rings. The molecule has 3 N–H and O–H groups in total. The number of nitrogens with zero attached hydrogens (tertiary/aromatic N) is 1. The summed E-state index contributed by atoms with van der Waals surface area (Å²) < 4.78 is 0. The predicted octanol–water partition coefficient (Wildman–Crippen LogP) is 1.17. The molecule has 2 rings (SSSR count). The van der Waals surface area contributed by atoms with Crippen LogP contribution in [-0.2, 0) is 0 Å². The van der Waals surface area contributed by atoms with Gasteiger partial charge in [0.15, 0.2) is 0 Å². The highest BCUT2D eigenvalue weighted by Gasteiger charge is 2.03. The smallest absolute Gasteiger partial charge is 0.325 e. The molecule has 18 heavy (non-hydrogen) atoms. The second-order valence-corrected chi connectivity index (χ2v) is 3.80. The predicted molar refractivity (Wildman–Crippen MR) is 68.1 cm³/mol. The zero-order valence-electron chi connectivity index (χ0n) is 8.98. The van der Waals surface area contributed by atoms with Crippen molar-refractivity contribution in [3.8, 4) is 5.75 Å². The van der Waals surface area contributed by atoms with Crippen molar-refractivity contribution in [2.45, 2.75) is 0 Å². The van der Waals surface area contributed by atoms with Crippen LogP contribution in [0.25, 0.3) is 0 Å². The summed E-state index contributed by atoms with van der Waals surface area (Å²) in [7, 11) is 0. The minimum absolute atomic E-state index is 0.0222. The SMILES string of the molecule is O=c1[nH]cc(N=Cc2cccc(Cl)c2O)c(=O)[nH]1. The van der Waals surface area contributed by atoms with Crippen molar-refractivity contribution in [2.75, 3.05) is 0 Å². The molecule has 0 saturated carbocycles. The molecule has 0 radical (unpaired) electrons. The average molecular weight is 266 g/mol.